The van der Waals surface area contributed by atoms with Gasteiger partial charge in [-0.15, -0.1) is 0 Å². The Hall–Kier alpha value is -1.15. The molecule has 0 fully saturated rings. The number of hydrogen-bond acceptors (Lipinski definition) is 5. The smallest absolute Gasteiger partial charge is 0.261 e. The van der Waals surface area contributed by atoms with E-state index in [1.807, 2.05) is 0 Å². The number of hydrogen-bond donors (Lipinski definition) is 2. The van der Waals surface area contributed by atoms with E-state index in [2.05, 4.69) is 0 Å². The summed E-state index contributed by atoms with van der Waals surface area (Å²) >= 11 is 0. The molecule has 3 N–H and O–H groups in total. The third-order valence-corrected chi connectivity index (χ3v) is 0.278. The Morgan fingerprint density at radius 1 is 1.45 bits per heavy atom. The van der Waals surface area contributed by atoms with Crippen molar-refractivity contribution in [2.24, 2.45) is 5.73 Å². The molecule has 0 aromatic carbocycles. The van der Waals surface area contributed by atoms with Crippen molar-refractivity contribution in [1.29, 1.82) is 10.5 Å². The van der Waals surface area contributed by atoms with Crippen molar-refractivity contribution in [2.75, 3.05) is 6.26 Å². The van der Waals surface area contributed by atoms with Crippen molar-refractivity contribution in [3.05, 3.63) is 0 Å². The molecule has 0 atom stereocenters. The highest BCUT2D eigenvalue weighted by atomic mass is 32.2. The summed E-state index contributed by atoms with van der Waals surface area (Å²) in [6.07, 6.45) is 0.715. The lowest BCUT2D eigenvalue weighted by molar-refractivity contribution is 0.490. The van der Waals surface area contributed by atoms with Crippen LogP contribution >= 0.6 is 0 Å². The highest BCUT2D eigenvalue weighted by molar-refractivity contribution is 7.85. The number of nitrogens with zero attached hydrogens (tertiary/aromatic N) is 2. The summed E-state index contributed by atoms with van der Waals surface area (Å²) in [5, 5.41) is 15.5. The van der Waals surface area contributed by atoms with Crippen LogP contribution < -0.4 is 5.73 Å². The lowest BCUT2D eigenvalue weighted by atomic mass is 10.4. The molecule has 0 unspecified atom stereocenters. The van der Waals surface area contributed by atoms with E-state index in [0.717, 1.165) is 0 Å². The van der Waals surface area contributed by atoms with E-state index in [4.69, 9.17) is 20.8 Å². The van der Waals surface area contributed by atoms with E-state index >= 15 is 0 Å². The van der Waals surface area contributed by atoms with Gasteiger partial charge in [-0.1, -0.05) is 0 Å². The Bertz CT molecular complexity index is 248. The van der Waals surface area contributed by atoms with E-state index in [-0.39, 0.29) is 0 Å². The summed E-state index contributed by atoms with van der Waals surface area (Å²) in [4.78, 5) is 0. The Morgan fingerprint density at radius 2 is 1.64 bits per heavy atom. The molecule has 62 valence electrons. The van der Waals surface area contributed by atoms with Crippen LogP contribution in [0.4, 0.5) is 0 Å². The van der Waals surface area contributed by atoms with Crippen molar-refractivity contribution >= 4 is 10.1 Å². The van der Waals surface area contributed by atoms with Gasteiger partial charge in [0.1, 0.15) is 0 Å². The van der Waals surface area contributed by atoms with Gasteiger partial charge in [-0.05, 0) is 0 Å². The molecule has 0 heterocycles. The van der Waals surface area contributed by atoms with Crippen LogP contribution in [-0.4, -0.2) is 25.3 Å². The second-order valence-corrected chi connectivity index (χ2v) is 2.93. The first-order chi connectivity index (χ1) is 4.81. The van der Waals surface area contributed by atoms with Crippen LogP contribution in [0.25, 0.3) is 0 Å². The summed E-state index contributed by atoms with van der Waals surface area (Å²) in [7, 11) is -3.67. The zero-order valence-corrected chi connectivity index (χ0v) is 6.54. The third kappa shape index (κ3) is 51.1. The van der Waals surface area contributed by atoms with Crippen molar-refractivity contribution in [1.82, 2.24) is 0 Å². The number of nitrogens with two attached hydrogens (primary N) is 1. The van der Waals surface area contributed by atoms with Crippen LogP contribution in [0.15, 0.2) is 0 Å². The lowest BCUT2D eigenvalue weighted by Crippen LogP contribution is -2.12. The first-order valence-electron chi connectivity index (χ1n) is 2.28. The first-order valence-corrected chi connectivity index (χ1v) is 4.13. The van der Waals surface area contributed by atoms with E-state index < -0.39 is 16.2 Å². The molecule has 7 heteroatoms. The molecule has 0 aromatic rings. The van der Waals surface area contributed by atoms with Crippen molar-refractivity contribution in [2.45, 2.75) is 6.04 Å². The van der Waals surface area contributed by atoms with Gasteiger partial charge < -0.3 is 5.73 Å². The first kappa shape index (κ1) is 12.5. The Morgan fingerprint density at radius 3 is 1.64 bits per heavy atom. The summed E-state index contributed by atoms with van der Waals surface area (Å²) in [5.74, 6) is 0. The van der Waals surface area contributed by atoms with E-state index in [0.29, 0.717) is 6.26 Å². The quantitative estimate of drug-likeness (QED) is 0.450. The maximum Gasteiger partial charge on any atom is 0.261 e. The van der Waals surface area contributed by atoms with Gasteiger partial charge in [-0.2, -0.15) is 18.9 Å². The third-order valence-electron chi connectivity index (χ3n) is 0.278. The largest absolute Gasteiger partial charge is 0.304 e. The fourth-order valence-electron chi connectivity index (χ4n) is 0.0289. The minimum atomic E-state index is -3.67. The fourth-order valence-corrected chi connectivity index (χ4v) is 0.0289. The highest BCUT2D eigenvalue weighted by Gasteiger charge is 1.88. The SMILES string of the molecule is CS(=O)(=O)O.N#CC(N)C#N. The van der Waals surface area contributed by atoms with E-state index in [1.165, 1.54) is 12.1 Å². The van der Waals surface area contributed by atoms with E-state index in [1.54, 1.807) is 0 Å². The molecule has 0 radical (unpaired) electrons. The summed E-state index contributed by atoms with van der Waals surface area (Å²) in [5.41, 5.74) is 4.75. The maximum atomic E-state index is 9.19. The van der Waals surface area contributed by atoms with Crippen molar-refractivity contribution < 1.29 is 13.0 Å². The predicted molar refractivity (Wildman–Crippen MR) is 36.7 cm³/mol. The molecule has 0 aliphatic carbocycles. The standard InChI is InChI=1S/C3H3N3.CH4O3S/c4-1-3(6)2-5;1-5(2,3)4/h3H,6H2;1H3,(H,2,3,4). The average molecular weight is 177 g/mol. The van der Waals surface area contributed by atoms with Crippen molar-refractivity contribution in [3.8, 4) is 12.1 Å². The second kappa shape index (κ2) is 5.62. The minimum Gasteiger partial charge on any atom is -0.304 e. The van der Waals surface area contributed by atoms with Gasteiger partial charge in [-0.3, -0.25) is 4.55 Å². The van der Waals surface area contributed by atoms with Gasteiger partial charge in [0.05, 0.1) is 18.4 Å². The number of nitriles is 2. The molecule has 11 heavy (non-hydrogen) atoms. The van der Waals surface area contributed by atoms with Crippen molar-refractivity contribution in [3.63, 3.8) is 0 Å². The van der Waals surface area contributed by atoms with Gasteiger partial charge in [0.15, 0.2) is 6.04 Å². The van der Waals surface area contributed by atoms with Crippen LogP contribution in [0.5, 0.6) is 0 Å². The lowest BCUT2D eigenvalue weighted by Gasteiger charge is -1.74. The summed E-state index contributed by atoms with van der Waals surface area (Å²) in [6, 6.07) is 2.11. The topological polar surface area (TPSA) is 128 Å². The molecule has 0 aliphatic heterocycles. The van der Waals surface area contributed by atoms with Crippen LogP contribution in [0.2, 0.25) is 0 Å². The van der Waals surface area contributed by atoms with Gasteiger partial charge in [0, 0.05) is 0 Å². The molecule has 0 saturated carbocycles. The fraction of sp³-hybridized carbons (Fsp3) is 0.500. The Kier molecular flexibility index (Phi) is 6.40. The molecule has 0 bridgehead atoms. The van der Waals surface area contributed by atoms with Crippen LogP contribution in [0.3, 0.4) is 0 Å². The second-order valence-electron chi connectivity index (χ2n) is 1.47. The van der Waals surface area contributed by atoms with Gasteiger partial charge >= 0.3 is 0 Å². The zero-order chi connectivity index (χ0) is 9.49. The molecule has 0 spiro atoms. The van der Waals surface area contributed by atoms with Crippen LogP contribution in [-0.2, 0) is 10.1 Å². The van der Waals surface area contributed by atoms with E-state index in [9.17, 15) is 8.42 Å². The summed E-state index contributed by atoms with van der Waals surface area (Å²) < 4.78 is 25.9. The molecule has 0 amide bonds. The minimum absolute atomic E-state index is 0.715. The van der Waals surface area contributed by atoms with Gasteiger partial charge in [-0.25, -0.2) is 0 Å². The molecule has 0 saturated heterocycles. The monoisotopic (exact) mass is 177 g/mol. The molecular formula is C4H7N3O3S. The normalized spacial score (nSPS) is 8.91. The number of rotatable bonds is 0. The van der Waals surface area contributed by atoms with Crippen LogP contribution in [0, 0.1) is 22.7 Å². The maximum absolute atomic E-state index is 9.19. The average Bonchev–Trinajstić information content (AvgIpc) is 1.83. The van der Waals surface area contributed by atoms with Crippen LogP contribution in [0.1, 0.15) is 0 Å². The molecule has 6 nitrogen and oxygen atoms in total. The zero-order valence-electron chi connectivity index (χ0n) is 5.72. The van der Waals surface area contributed by atoms with Gasteiger partial charge in [0.2, 0.25) is 0 Å². The molecule has 0 rings (SSSR count). The summed E-state index contributed by atoms with van der Waals surface area (Å²) in [6.45, 7) is 0. The Labute approximate surface area is 64.6 Å². The molecular weight excluding hydrogens is 170 g/mol. The van der Waals surface area contributed by atoms with Gasteiger partial charge in [0.25, 0.3) is 10.1 Å². The predicted octanol–water partition coefficient (Wildman–Crippen LogP) is -1.14. The highest BCUT2D eigenvalue weighted by Crippen LogP contribution is 1.61. The molecule has 0 aliphatic rings. The molecule has 0 aromatic heterocycles. The Balaban J connectivity index is 0.